The molecule has 1 aromatic carbocycles. The van der Waals surface area contributed by atoms with Gasteiger partial charge in [0.1, 0.15) is 5.82 Å². The van der Waals surface area contributed by atoms with Crippen molar-refractivity contribution >= 4 is 6.03 Å². The Labute approximate surface area is 118 Å². The van der Waals surface area contributed by atoms with E-state index in [0.29, 0.717) is 18.7 Å². The van der Waals surface area contributed by atoms with E-state index in [4.69, 9.17) is 5.73 Å². The highest BCUT2D eigenvalue weighted by molar-refractivity contribution is 5.75. The van der Waals surface area contributed by atoms with Crippen LogP contribution < -0.4 is 16.4 Å². The Kier molecular flexibility index (Phi) is 4.95. The third-order valence-corrected chi connectivity index (χ3v) is 3.87. The normalized spacial score (nSPS) is 16.9. The molecule has 1 aliphatic rings. The summed E-state index contributed by atoms with van der Waals surface area (Å²) in [6.07, 6.45) is 4.28. The Bertz CT molecular complexity index is 458. The summed E-state index contributed by atoms with van der Waals surface area (Å²) in [4.78, 5) is 12.0. The number of amides is 2. The maximum absolute atomic E-state index is 14.1. The molecule has 0 aromatic heterocycles. The number of urea groups is 1. The van der Waals surface area contributed by atoms with Crippen molar-refractivity contribution in [3.05, 3.63) is 35.6 Å². The highest BCUT2D eigenvalue weighted by Gasteiger charge is 2.38. The molecule has 4 nitrogen and oxygen atoms in total. The zero-order chi connectivity index (χ0) is 14.4. The number of benzene rings is 1. The molecule has 0 spiro atoms. The molecule has 4 N–H and O–H groups in total. The Morgan fingerprint density at radius 3 is 2.65 bits per heavy atom. The minimum atomic E-state index is -0.571. The molecule has 0 unspecified atom stereocenters. The van der Waals surface area contributed by atoms with Gasteiger partial charge in [-0.1, -0.05) is 31.0 Å². The van der Waals surface area contributed by atoms with E-state index in [1.54, 1.807) is 12.1 Å². The molecule has 2 rings (SSSR count). The Hall–Kier alpha value is -1.62. The van der Waals surface area contributed by atoms with E-state index in [0.717, 1.165) is 32.1 Å². The van der Waals surface area contributed by atoms with Gasteiger partial charge in [-0.3, -0.25) is 0 Å². The highest BCUT2D eigenvalue weighted by Crippen LogP contribution is 2.39. The van der Waals surface area contributed by atoms with Crippen LogP contribution in [0.4, 0.5) is 9.18 Å². The number of halogens is 1. The van der Waals surface area contributed by atoms with E-state index in [1.165, 1.54) is 6.07 Å². The van der Waals surface area contributed by atoms with Crippen molar-refractivity contribution < 1.29 is 9.18 Å². The van der Waals surface area contributed by atoms with Gasteiger partial charge < -0.3 is 16.4 Å². The lowest BCUT2D eigenvalue weighted by Gasteiger charge is -2.31. The Balaban J connectivity index is 2.10. The lowest BCUT2D eigenvalue weighted by atomic mass is 9.88. The summed E-state index contributed by atoms with van der Waals surface area (Å²) >= 11 is 0. The van der Waals surface area contributed by atoms with Gasteiger partial charge in [-0.15, -0.1) is 0 Å². The average molecular weight is 279 g/mol. The molecule has 5 heteroatoms. The number of hydrogen-bond donors (Lipinski definition) is 3. The molecule has 2 amide bonds. The SMILES string of the molecule is NCCCNC(=O)NC1(c2ccccc2F)CCCC1. The first-order chi connectivity index (χ1) is 9.68. The van der Waals surface area contributed by atoms with Crippen LogP contribution in [0.15, 0.2) is 24.3 Å². The van der Waals surface area contributed by atoms with Gasteiger partial charge in [0.25, 0.3) is 0 Å². The standard InChI is InChI=1S/C15H22FN3O/c16-13-7-2-1-6-12(13)15(8-3-4-9-15)19-14(20)18-11-5-10-17/h1-2,6-7H,3-5,8-11,17H2,(H2,18,19,20). The Morgan fingerprint density at radius 2 is 2.00 bits per heavy atom. The van der Waals surface area contributed by atoms with E-state index in [2.05, 4.69) is 10.6 Å². The summed E-state index contributed by atoms with van der Waals surface area (Å²) < 4.78 is 14.1. The molecule has 20 heavy (non-hydrogen) atoms. The molecule has 110 valence electrons. The van der Waals surface area contributed by atoms with Crippen molar-refractivity contribution in [1.82, 2.24) is 10.6 Å². The maximum Gasteiger partial charge on any atom is 0.315 e. The van der Waals surface area contributed by atoms with Crippen LogP contribution in [0.25, 0.3) is 0 Å². The van der Waals surface area contributed by atoms with Crippen molar-refractivity contribution in [3.63, 3.8) is 0 Å². The molecular formula is C15H22FN3O. The van der Waals surface area contributed by atoms with Crippen molar-refractivity contribution in [2.45, 2.75) is 37.6 Å². The summed E-state index contributed by atoms with van der Waals surface area (Å²) in [6, 6.07) is 6.45. The Morgan fingerprint density at radius 1 is 1.30 bits per heavy atom. The lowest BCUT2D eigenvalue weighted by Crippen LogP contribution is -2.49. The van der Waals surface area contributed by atoms with Gasteiger partial charge in [-0.25, -0.2) is 9.18 Å². The van der Waals surface area contributed by atoms with Gasteiger partial charge in [0.05, 0.1) is 5.54 Å². The number of carbonyl (C=O) groups is 1. The molecule has 1 saturated carbocycles. The number of hydrogen-bond acceptors (Lipinski definition) is 2. The lowest BCUT2D eigenvalue weighted by molar-refractivity contribution is 0.223. The molecule has 0 aliphatic heterocycles. The zero-order valence-corrected chi connectivity index (χ0v) is 11.6. The van der Waals surface area contributed by atoms with Gasteiger partial charge in [0, 0.05) is 12.1 Å². The molecule has 0 heterocycles. The molecule has 0 bridgehead atoms. The van der Waals surface area contributed by atoms with E-state index in [9.17, 15) is 9.18 Å². The topological polar surface area (TPSA) is 67.1 Å². The van der Waals surface area contributed by atoms with Crippen molar-refractivity contribution in [1.29, 1.82) is 0 Å². The van der Waals surface area contributed by atoms with E-state index >= 15 is 0 Å². The fraction of sp³-hybridized carbons (Fsp3) is 0.533. The number of nitrogens with two attached hydrogens (primary N) is 1. The van der Waals surface area contributed by atoms with Crippen molar-refractivity contribution in [2.75, 3.05) is 13.1 Å². The van der Waals surface area contributed by atoms with E-state index in [-0.39, 0.29) is 11.8 Å². The quantitative estimate of drug-likeness (QED) is 0.724. The minimum absolute atomic E-state index is 0.247. The summed E-state index contributed by atoms with van der Waals surface area (Å²) in [7, 11) is 0. The van der Waals surface area contributed by atoms with Crippen LogP contribution in [0.5, 0.6) is 0 Å². The van der Waals surface area contributed by atoms with E-state index < -0.39 is 5.54 Å². The fourth-order valence-corrected chi connectivity index (χ4v) is 2.86. The molecule has 0 saturated heterocycles. The van der Waals surface area contributed by atoms with Crippen LogP contribution in [0.3, 0.4) is 0 Å². The van der Waals surface area contributed by atoms with Gasteiger partial charge in [0.15, 0.2) is 0 Å². The van der Waals surface area contributed by atoms with Crippen LogP contribution in [-0.4, -0.2) is 19.1 Å². The largest absolute Gasteiger partial charge is 0.338 e. The van der Waals surface area contributed by atoms with Crippen LogP contribution in [0.2, 0.25) is 0 Å². The third kappa shape index (κ3) is 3.28. The monoisotopic (exact) mass is 279 g/mol. The second kappa shape index (κ2) is 6.70. The minimum Gasteiger partial charge on any atom is -0.338 e. The van der Waals surface area contributed by atoms with E-state index in [1.807, 2.05) is 6.07 Å². The smallest absolute Gasteiger partial charge is 0.315 e. The average Bonchev–Trinajstić information content (AvgIpc) is 2.89. The first kappa shape index (κ1) is 14.8. The molecule has 0 atom stereocenters. The number of nitrogens with one attached hydrogen (secondary N) is 2. The molecule has 0 radical (unpaired) electrons. The predicted molar refractivity (Wildman–Crippen MR) is 76.8 cm³/mol. The van der Waals surface area contributed by atoms with Crippen molar-refractivity contribution in [2.24, 2.45) is 5.73 Å². The summed E-state index contributed by atoms with van der Waals surface area (Å²) in [6.45, 7) is 1.08. The summed E-state index contributed by atoms with van der Waals surface area (Å²) in [5.41, 5.74) is 5.41. The first-order valence-corrected chi connectivity index (χ1v) is 7.19. The maximum atomic E-state index is 14.1. The molecule has 1 aromatic rings. The van der Waals surface area contributed by atoms with Gasteiger partial charge in [-0.2, -0.15) is 0 Å². The highest BCUT2D eigenvalue weighted by atomic mass is 19.1. The second-order valence-electron chi connectivity index (χ2n) is 5.29. The van der Waals surface area contributed by atoms with Gasteiger partial charge in [0.2, 0.25) is 0 Å². The molecule has 1 aliphatic carbocycles. The third-order valence-electron chi connectivity index (χ3n) is 3.87. The summed E-state index contributed by atoms with van der Waals surface area (Å²) in [5.74, 6) is -0.253. The number of rotatable bonds is 5. The van der Waals surface area contributed by atoms with Crippen molar-refractivity contribution in [3.8, 4) is 0 Å². The number of carbonyl (C=O) groups excluding carboxylic acids is 1. The van der Waals surface area contributed by atoms with Gasteiger partial charge >= 0.3 is 6.03 Å². The van der Waals surface area contributed by atoms with Crippen LogP contribution >= 0.6 is 0 Å². The fourth-order valence-electron chi connectivity index (χ4n) is 2.86. The zero-order valence-electron chi connectivity index (χ0n) is 11.6. The molecule has 1 fully saturated rings. The summed E-state index contributed by atoms with van der Waals surface area (Å²) in [5, 5.41) is 5.75. The van der Waals surface area contributed by atoms with Gasteiger partial charge in [-0.05, 0) is 31.9 Å². The predicted octanol–water partition coefficient (Wildman–Crippen LogP) is 2.24. The first-order valence-electron chi connectivity index (χ1n) is 7.19. The van der Waals surface area contributed by atoms with Crippen LogP contribution in [0, 0.1) is 5.82 Å². The second-order valence-corrected chi connectivity index (χ2v) is 5.29. The van der Waals surface area contributed by atoms with Crippen LogP contribution in [0.1, 0.15) is 37.7 Å². The van der Waals surface area contributed by atoms with Crippen LogP contribution in [-0.2, 0) is 5.54 Å². The molecular weight excluding hydrogens is 257 g/mol.